The van der Waals surface area contributed by atoms with E-state index in [1.54, 1.807) is 5.57 Å². The van der Waals surface area contributed by atoms with Crippen molar-refractivity contribution in [2.75, 3.05) is 0 Å². The Bertz CT molecular complexity index is 608. The molecule has 3 aliphatic rings. The van der Waals surface area contributed by atoms with Crippen LogP contribution in [0.3, 0.4) is 0 Å². The van der Waals surface area contributed by atoms with Crippen molar-refractivity contribution in [1.29, 1.82) is 0 Å². The van der Waals surface area contributed by atoms with E-state index in [1.165, 1.54) is 30.4 Å². The van der Waals surface area contributed by atoms with E-state index in [0.29, 0.717) is 12.3 Å². The van der Waals surface area contributed by atoms with Gasteiger partial charge in [0.2, 0.25) is 0 Å². The van der Waals surface area contributed by atoms with Crippen LogP contribution >= 0.6 is 0 Å². The Balaban J connectivity index is 1.79. The molecule has 0 aromatic heterocycles. The van der Waals surface area contributed by atoms with Gasteiger partial charge in [0.15, 0.2) is 5.78 Å². The van der Waals surface area contributed by atoms with E-state index in [1.807, 2.05) is 6.08 Å². The van der Waals surface area contributed by atoms with Gasteiger partial charge in [0.25, 0.3) is 0 Å². The minimum atomic E-state index is 0.164. The summed E-state index contributed by atoms with van der Waals surface area (Å²) in [6, 6.07) is 8.81. The number of hydrogen-bond acceptors (Lipinski definition) is 1. The van der Waals surface area contributed by atoms with Crippen LogP contribution < -0.4 is 0 Å². The van der Waals surface area contributed by atoms with Crippen molar-refractivity contribution >= 4 is 11.4 Å². The molecule has 0 saturated heterocycles. The molecule has 0 N–H and O–H groups in total. The van der Waals surface area contributed by atoms with Gasteiger partial charge in [-0.25, -0.2) is 0 Å². The number of hydrogen-bond donors (Lipinski definition) is 0. The Hall–Kier alpha value is -1.63. The first-order valence-electron chi connectivity index (χ1n) is 7.29. The molecule has 0 amide bonds. The Morgan fingerprint density at radius 3 is 2.89 bits per heavy atom. The number of allylic oxidation sites excluding steroid dienone is 4. The number of rotatable bonds is 0. The first kappa shape index (κ1) is 11.2. The zero-order valence-corrected chi connectivity index (χ0v) is 11.1. The summed E-state index contributed by atoms with van der Waals surface area (Å²) in [6.45, 7) is 0. The summed E-state index contributed by atoms with van der Waals surface area (Å²) in [4.78, 5) is 11.4. The lowest BCUT2D eigenvalue weighted by molar-refractivity contribution is -0.115. The molecule has 1 nitrogen and oxygen atoms in total. The molecule has 0 aliphatic heterocycles. The maximum absolute atomic E-state index is 11.4. The lowest BCUT2D eigenvalue weighted by Crippen LogP contribution is -2.26. The first-order valence-corrected chi connectivity index (χ1v) is 7.29. The van der Waals surface area contributed by atoms with Gasteiger partial charge >= 0.3 is 0 Å². The third kappa shape index (κ3) is 1.72. The molecule has 0 heterocycles. The molecule has 0 fully saturated rings. The van der Waals surface area contributed by atoms with Crippen LogP contribution in [0, 0.1) is 11.3 Å². The Morgan fingerprint density at radius 2 is 2.05 bits per heavy atom. The van der Waals surface area contributed by atoms with Crippen molar-refractivity contribution in [2.45, 2.75) is 32.1 Å². The molecule has 1 aromatic carbocycles. The van der Waals surface area contributed by atoms with Crippen LogP contribution in [0.15, 0.2) is 42.5 Å². The fourth-order valence-corrected chi connectivity index (χ4v) is 3.96. The van der Waals surface area contributed by atoms with E-state index in [9.17, 15) is 4.79 Å². The van der Waals surface area contributed by atoms with Crippen LogP contribution in [0.25, 0.3) is 5.57 Å². The zero-order chi connectivity index (χ0) is 12.9. The first-order chi connectivity index (χ1) is 9.26. The quantitative estimate of drug-likeness (QED) is 0.681. The maximum atomic E-state index is 11.4. The number of carbonyl (C=O) groups is 1. The van der Waals surface area contributed by atoms with Gasteiger partial charge in [-0.2, -0.15) is 0 Å². The van der Waals surface area contributed by atoms with Crippen LogP contribution in [0.5, 0.6) is 0 Å². The summed E-state index contributed by atoms with van der Waals surface area (Å²) in [5.74, 6) is 1.01. The van der Waals surface area contributed by atoms with Gasteiger partial charge in [-0.05, 0) is 54.4 Å². The Kier molecular flexibility index (Phi) is 2.32. The SMILES string of the molecule is O=C1C=C[C@@]2(C=C3c4ccccc4CC3CC2)CC1. The summed E-state index contributed by atoms with van der Waals surface area (Å²) in [5, 5.41) is 0. The average molecular weight is 250 g/mol. The summed E-state index contributed by atoms with van der Waals surface area (Å²) in [6.07, 6.45) is 11.9. The zero-order valence-electron chi connectivity index (χ0n) is 11.1. The topological polar surface area (TPSA) is 17.1 Å². The number of benzene rings is 1. The maximum Gasteiger partial charge on any atom is 0.155 e. The van der Waals surface area contributed by atoms with Crippen molar-refractivity contribution in [1.82, 2.24) is 0 Å². The van der Waals surface area contributed by atoms with Crippen molar-refractivity contribution in [3.8, 4) is 0 Å². The Morgan fingerprint density at radius 1 is 1.16 bits per heavy atom. The van der Waals surface area contributed by atoms with Crippen molar-refractivity contribution < 1.29 is 4.79 Å². The number of fused-ring (bicyclic) bond motifs is 3. The lowest BCUT2D eigenvalue weighted by Gasteiger charge is -2.36. The highest BCUT2D eigenvalue weighted by Gasteiger charge is 2.38. The normalized spacial score (nSPS) is 32.1. The fourth-order valence-electron chi connectivity index (χ4n) is 3.96. The largest absolute Gasteiger partial charge is 0.295 e. The summed E-state index contributed by atoms with van der Waals surface area (Å²) < 4.78 is 0. The van der Waals surface area contributed by atoms with Crippen molar-refractivity contribution in [2.24, 2.45) is 11.3 Å². The molecule has 1 heteroatoms. The van der Waals surface area contributed by atoms with E-state index >= 15 is 0 Å². The predicted molar refractivity (Wildman–Crippen MR) is 76.7 cm³/mol. The van der Waals surface area contributed by atoms with Gasteiger partial charge in [0, 0.05) is 11.8 Å². The third-order valence-corrected chi connectivity index (χ3v) is 5.07. The van der Waals surface area contributed by atoms with Crippen LogP contribution in [0.4, 0.5) is 0 Å². The van der Waals surface area contributed by atoms with Crippen LogP contribution in [0.2, 0.25) is 0 Å². The van der Waals surface area contributed by atoms with Crippen molar-refractivity contribution in [3.63, 3.8) is 0 Å². The van der Waals surface area contributed by atoms with Crippen LogP contribution in [0.1, 0.15) is 36.8 Å². The second-order valence-electron chi connectivity index (χ2n) is 6.23. The van der Waals surface area contributed by atoms with E-state index in [-0.39, 0.29) is 11.2 Å². The molecule has 2 atom stereocenters. The highest BCUT2D eigenvalue weighted by molar-refractivity contribution is 5.91. The fraction of sp³-hybridized carbons (Fsp3) is 0.389. The van der Waals surface area contributed by atoms with Crippen LogP contribution in [-0.4, -0.2) is 5.78 Å². The molecule has 1 unspecified atom stereocenters. The van der Waals surface area contributed by atoms with Gasteiger partial charge in [0.1, 0.15) is 0 Å². The molecule has 19 heavy (non-hydrogen) atoms. The summed E-state index contributed by atoms with van der Waals surface area (Å²) in [5.41, 5.74) is 4.67. The van der Waals surface area contributed by atoms with E-state index in [2.05, 4.69) is 36.4 Å². The van der Waals surface area contributed by atoms with Crippen LogP contribution in [-0.2, 0) is 11.2 Å². The van der Waals surface area contributed by atoms with Crippen molar-refractivity contribution in [3.05, 3.63) is 53.6 Å². The smallest absolute Gasteiger partial charge is 0.155 e. The number of ketones is 1. The third-order valence-electron chi connectivity index (χ3n) is 5.07. The molecule has 0 saturated carbocycles. The summed E-state index contributed by atoms with van der Waals surface area (Å²) in [7, 11) is 0. The molecule has 1 spiro atoms. The second kappa shape index (κ2) is 3.93. The van der Waals surface area contributed by atoms with Gasteiger partial charge in [-0.3, -0.25) is 4.79 Å². The molecule has 3 aliphatic carbocycles. The van der Waals surface area contributed by atoms with Gasteiger partial charge in [-0.15, -0.1) is 0 Å². The van der Waals surface area contributed by atoms with Gasteiger partial charge in [-0.1, -0.05) is 36.4 Å². The highest BCUT2D eigenvalue weighted by atomic mass is 16.1. The van der Waals surface area contributed by atoms with E-state index in [4.69, 9.17) is 0 Å². The molecular formula is C18H18O. The van der Waals surface area contributed by atoms with E-state index < -0.39 is 0 Å². The molecule has 96 valence electrons. The standard InChI is InChI=1S/C18H18O/c19-15-6-9-18(10-7-15)8-5-14-11-13-3-1-2-4-16(13)17(14)12-18/h1-4,6,9,12,14H,5,7-8,10-11H2/t14?,18-/m1/s1. The minimum absolute atomic E-state index is 0.164. The van der Waals surface area contributed by atoms with E-state index in [0.717, 1.165) is 6.42 Å². The molecule has 1 aromatic rings. The summed E-state index contributed by atoms with van der Waals surface area (Å²) >= 11 is 0. The van der Waals surface area contributed by atoms with Gasteiger partial charge in [0.05, 0.1) is 0 Å². The molecule has 0 bridgehead atoms. The monoisotopic (exact) mass is 250 g/mol. The minimum Gasteiger partial charge on any atom is -0.295 e. The molecular weight excluding hydrogens is 232 g/mol. The molecule has 4 rings (SSSR count). The Labute approximate surface area is 114 Å². The molecule has 0 radical (unpaired) electrons. The highest BCUT2D eigenvalue weighted by Crippen LogP contribution is 2.50. The predicted octanol–water partition coefficient (Wildman–Crippen LogP) is 3.94. The lowest BCUT2D eigenvalue weighted by atomic mass is 9.68. The number of carbonyl (C=O) groups excluding carboxylic acids is 1. The van der Waals surface area contributed by atoms with Gasteiger partial charge < -0.3 is 0 Å². The second-order valence-corrected chi connectivity index (χ2v) is 6.23. The average Bonchev–Trinajstić information content (AvgIpc) is 2.80.